The van der Waals surface area contributed by atoms with E-state index in [0.717, 1.165) is 25.2 Å². The maximum absolute atomic E-state index is 10.9. The van der Waals surface area contributed by atoms with E-state index < -0.39 is 4.92 Å². The van der Waals surface area contributed by atoms with Crippen LogP contribution in [0.15, 0.2) is 42.5 Å². The summed E-state index contributed by atoms with van der Waals surface area (Å²) in [5.74, 6) is 0. The molecule has 21 heavy (non-hydrogen) atoms. The third-order valence-electron chi connectivity index (χ3n) is 3.93. The first-order valence-corrected chi connectivity index (χ1v) is 6.89. The van der Waals surface area contributed by atoms with Gasteiger partial charge in [-0.25, -0.2) is 0 Å². The summed E-state index contributed by atoms with van der Waals surface area (Å²) in [5, 5.41) is 20.2. The second-order valence-corrected chi connectivity index (χ2v) is 5.17. The lowest BCUT2D eigenvalue weighted by molar-refractivity contribution is -0.385. The van der Waals surface area contributed by atoms with Crippen LogP contribution in [-0.4, -0.2) is 16.6 Å². The van der Waals surface area contributed by atoms with Crippen molar-refractivity contribution < 1.29 is 10.0 Å². The van der Waals surface area contributed by atoms with Gasteiger partial charge in [0.1, 0.15) is 0 Å². The molecule has 0 fully saturated rings. The summed E-state index contributed by atoms with van der Waals surface area (Å²) in [4.78, 5) is 12.6. The number of nitro groups is 1. The summed E-state index contributed by atoms with van der Waals surface area (Å²) in [5.41, 5.74) is 3.89. The third-order valence-corrected chi connectivity index (χ3v) is 3.93. The summed E-state index contributed by atoms with van der Waals surface area (Å²) >= 11 is 0. The van der Waals surface area contributed by atoms with Gasteiger partial charge in [-0.05, 0) is 29.7 Å². The molecular weight excluding hydrogens is 268 g/mol. The highest BCUT2D eigenvalue weighted by Gasteiger charge is 2.19. The van der Waals surface area contributed by atoms with E-state index in [9.17, 15) is 15.2 Å². The van der Waals surface area contributed by atoms with Gasteiger partial charge in [0.25, 0.3) is 5.69 Å². The second kappa shape index (κ2) is 5.54. The zero-order valence-electron chi connectivity index (χ0n) is 11.5. The first-order valence-electron chi connectivity index (χ1n) is 6.89. The van der Waals surface area contributed by atoms with Crippen LogP contribution >= 0.6 is 0 Å². The maximum atomic E-state index is 10.9. The number of anilines is 1. The van der Waals surface area contributed by atoms with Crippen molar-refractivity contribution in [1.82, 2.24) is 0 Å². The Labute approximate surface area is 122 Å². The molecule has 0 saturated carbocycles. The summed E-state index contributed by atoms with van der Waals surface area (Å²) < 4.78 is 0. The third kappa shape index (κ3) is 2.60. The van der Waals surface area contributed by atoms with Crippen LogP contribution in [0.2, 0.25) is 0 Å². The molecule has 3 rings (SSSR count). The van der Waals surface area contributed by atoms with Gasteiger partial charge < -0.3 is 10.0 Å². The predicted molar refractivity (Wildman–Crippen MR) is 80.2 cm³/mol. The van der Waals surface area contributed by atoms with E-state index in [1.807, 2.05) is 12.1 Å². The molecule has 108 valence electrons. The van der Waals surface area contributed by atoms with E-state index >= 15 is 0 Å². The molecule has 2 aromatic rings. The standard InChI is InChI=1S/C16H16N2O3/c19-11-14-9-15(5-6-16(14)18(20)21)17-8-7-12-3-1-2-4-13(12)10-17/h1-6,9,19H,7-8,10-11H2. The van der Waals surface area contributed by atoms with Gasteiger partial charge in [0, 0.05) is 24.8 Å². The lowest BCUT2D eigenvalue weighted by Crippen LogP contribution is -2.30. The number of hydrogen-bond donors (Lipinski definition) is 1. The number of benzene rings is 2. The van der Waals surface area contributed by atoms with Crippen molar-refractivity contribution in [1.29, 1.82) is 0 Å². The van der Waals surface area contributed by atoms with Gasteiger partial charge in [-0.15, -0.1) is 0 Å². The van der Waals surface area contributed by atoms with Gasteiger partial charge in [0.2, 0.25) is 0 Å². The normalized spacial score (nSPS) is 13.9. The summed E-state index contributed by atoms with van der Waals surface area (Å²) in [6, 6.07) is 13.3. The Morgan fingerprint density at radius 1 is 1.19 bits per heavy atom. The van der Waals surface area contributed by atoms with Crippen LogP contribution in [0.3, 0.4) is 0 Å². The van der Waals surface area contributed by atoms with Gasteiger partial charge in [0.05, 0.1) is 17.1 Å². The van der Waals surface area contributed by atoms with Crippen molar-refractivity contribution in [2.24, 2.45) is 0 Å². The zero-order chi connectivity index (χ0) is 14.8. The molecule has 1 heterocycles. The van der Waals surface area contributed by atoms with Crippen LogP contribution in [-0.2, 0) is 19.6 Å². The summed E-state index contributed by atoms with van der Waals surface area (Å²) in [7, 11) is 0. The molecule has 0 unspecified atom stereocenters. The molecule has 2 aromatic carbocycles. The highest BCUT2D eigenvalue weighted by molar-refractivity contribution is 5.57. The minimum Gasteiger partial charge on any atom is -0.391 e. The van der Waals surface area contributed by atoms with Gasteiger partial charge in [0.15, 0.2) is 0 Å². The van der Waals surface area contributed by atoms with Crippen LogP contribution in [0.25, 0.3) is 0 Å². The Morgan fingerprint density at radius 3 is 2.67 bits per heavy atom. The monoisotopic (exact) mass is 284 g/mol. The van der Waals surface area contributed by atoms with Crippen LogP contribution in [0.4, 0.5) is 11.4 Å². The molecule has 0 radical (unpaired) electrons. The number of nitrogens with zero attached hydrogens (tertiary/aromatic N) is 2. The molecule has 5 nitrogen and oxygen atoms in total. The minimum atomic E-state index is -0.458. The second-order valence-electron chi connectivity index (χ2n) is 5.17. The highest BCUT2D eigenvalue weighted by atomic mass is 16.6. The lowest BCUT2D eigenvalue weighted by Gasteiger charge is -2.31. The number of nitro benzene ring substituents is 1. The SMILES string of the molecule is O=[N+]([O-])c1ccc(N2CCc3ccccc3C2)cc1CO. The number of aliphatic hydroxyl groups excluding tert-OH is 1. The smallest absolute Gasteiger partial charge is 0.275 e. The number of fused-ring (bicyclic) bond motifs is 1. The van der Waals surface area contributed by atoms with Crippen molar-refractivity contribution in [3.8, 4) is 0 Å². The molecule has 0 atom stereocenters. The summed E-state index contributed by atoms with van der Waals surface area (Å²) in [6.45, 7) is 1.34. The molecule has 1 N–H and O–H groups in total. The molecule has 0 aromatic heterocycles. The quantitative estimate of drug-likeness (QED) is 0.695. The van der Waals surface area contributed by atoms with Crippen molar-refractivity contribution in [2.75, 3.05) is 11.4 Å². The predicted octanol–water partition coefficient (Wildman–Crippen LogP) is 2.65. The van der Waals surface area contributed by atoms with E-state index in [1.54, 1.807) is 12.1 Å². The van der Waals surface area contributed by atoms with Gasteiger partial charge in [-0.1, -0.05) is 24.3 Å². The fourth-order valence-corrected chi connectivity index (χ4v) is 2.79. The van der Waals surface area contributed by atoms with Gasteiger partial charge in [-0.2, -0.15) is 0 Å². The van der Waals surface area contributed by atoms with Crippen molar-refractivity contribution >= 4 is 11.4 Å². The molecule has 0 saturated heterocycles. The van der Waals surface area contributed by atoms with Crippen LogP contribution < -0.4 is 4.90 Å². The van der Waals surface area contributed by atoms with Crippen molar-refractivity contribution in [3.63, 3.8) is 0 Å². The van der Waals surface area contributed by atoms with E-state index in [0.29, 0.717) is 5.56 Å². The Balaban J connectivity index is 1.90. The van der Waals surface area contributed by atoms with Crippen molar-refractivity contribution in [3.05, 3.63) is 69.3 Å². The average molecular weight is 284 g/mol. The number of hydrogen-bond acceptors (Lipinski definition) is 4. The summed E-state index contributed by atoms with van der Waals surface area (Å²) in [6.07, 6.45) is 0.960. The molecule has 1 aliphatic heterocycles. The Morgan fingerprint density at radius 2 is 1.95 bits per heavy atom. The van der Waals surface area contributed by atoms with Crippen molar-refractivity contribution in [2.45, 2.75) is 19.6 Å². The van der Waals surface area contributed by atoms with E-state index in [4.69, 9.17) is 0 Å². The van der Waals surface area contributed by atoms with Gasteiger partial charge in [-0.3, -0.25) is 10.1 Å². The molecule has 1 aliphatic rings. The number of aliphatic hydroxyl groups is 1. The van der Waals surface area contributed by atoms with Crippen LogP contribution in [0, 0.1) is 10.1 Å². The minimum absolute atomic E-state index is 0.0290. The Bertz CT molecular complexity index is 685. The molecule has 0 aliphatic carbocycles. The molecule has 0 bridgehead atoms. The van der Waals surface area contributed by atoms with Crippen LogP contribution in [0.1, 0.15) is 16.7 Å². The fraction of sp³-hybridized carbons (Fsp3) is 0.250. The van der Waals surface area contributed by atoms with E-state index in [2.05, 4.69) is 17.0 Å². The molecule has 5 heteroatoms. The van der Waals surface area contributed by atoms with E-state index in [-0.39, 0.29) is 12.3 Å². The Hall–Kier alpha value is -2.40. The lowest BCUT2D eigenvalue weighted by atomic mass is 9.99. The topological polar surface area (TPSA) is 66.6 Å². The molecular formula is C16H16N2O3. The Kier molecular flexibility index (Phi) is 3.58. The maximum Gasteiger partial charge on any atom is 0.275 e. The molecule has 0 amide bonds. The highest BCUT2D eigenvalue weighted by Crippen LogP contribution is 2.28. The largest absolute Gasteiger partial charge is 0.391 e. The van der Waals surface area contributed by atoms with E-state index in [1.165, 1.54) is 17.2 Å². The molecule has 0 spiro atoms. The average Bonchev–Trinajstić information content (AvgIpc) is 2.53. The first kappa shape index (κ1) is 13.6. The first-order chi connectivity index (χ1) is 10.2. The zero-order valence-corrected chi connectivity index (χ0v) is 11.5. The number of rotatable bonds is 3. The fourth-order valence-electron chi connectivity index (χ4n) is 2.79. The van der Waals surface area contributed by atoms with Crippen LogP contribution in [0.5, 0.6) is 0 Å². The van der Waals surface area contributed by atoms with Gasteiger partial charge >= 0.3 is 0 Å².